The van der Waals surface area contributed by atoms with Crippen LogP contribution in [0.15, 0.2) is 41.6 Å². The molecule has 1 aromatic carbocycles. The zero-order valence-electron chi connectivity index (χ0n) is 13.4. The summed E-state index contributed by atoms with van der Waals surface area (Å²) >= 11 is 0. The van der Waals surface area contributed by atoms with E-state index in [1.54, 1.807) is 12.1 Å². The van der Waals surface area contributed by atoms with E-state index >= 15 is 0 Å². The van der Waals surface area contributed by atoms with Gasteiger partial charge in [-0.15, -0.1) is 0 Å². The molecule has 5 nitrogen and oxygen atoms in total. The lowest BCUT2D eigenvalue weighted by Gasteiger charge is -2.14. The SMILES string of the molecule is CC(C)Cn1cc(N[C@H](C)c2ccc(S(C)(=O)=O)cc2)cn1. The lowest BCUT2D eigenvalue weighted by atomic mass is 10.1. The molecule has 0 radical (unpaired) electrons. The molecule has 0 bridgehead atoms. The fourth-order valence-corrected chi connectivity index (χ4v) is 2.88. The molecule has 22 heavy (non-hydrogen) atoms. The Morgan fingerprint density at radius 2 is 1.82 bits per heavy atom. The third-order valence-corrected chi connectivity index (χ3v) is 4.51. The molecule has 1 aromatic heterocycles. The molecule has 0 saturated carbocycles. The van der Waals surface area contributed by atoms with Gasteiger partial charge in [-0.25, -0.2) is 8.42 Å². The number of nitrogens with zero attached hydrogens (tertiary/aromatic N) is 2. The Morgan fingerprint density at radius 1 is 1.18 bits per heavy atom. The number of rotatable bonds is 6. The second-order valence-corrected chi connectivity index (χ2v) is 8.07. The van der Waals surface area contributed by atoms with Gasteiger partial charge in [0.25, 0.3) is 0 Å². The van der Waals surface area contributed by atoms with E-state index in [0.717, 1.165) is 17.8 Å². The largest absolute Gasteiger partial charge is 0.376 e. The number of sulfone groups is 1. The predicted octanol–water partition coefficient (Wildman–Crippen LogP) is 3.12. The second kappa shape index (κ2) is 6.52. The topological polar surface area (TPSA) is 64.0 Å². The molecule has 0 unspecified atom stereocenters. The van der Waals surface area contributed by atoms with Crippen molar-refractivity contribution in [1.29, 1.82) is 0 Å². The van der Waals surface area contributed by atoms with Crippen LogP contribution >= 0.6 is 0 Å². The van der Waals surface area contributed by atoms with Gasteiger partial charge in [0.05, 0.1) is 16.8 Å². The fourth-order valence-electron chi connectivity index (χ4n) is 2.25. The zero-order chi connectivity index (χ0) is 16.3. The Morgan fingerprint density at radius 3 is 2.36 bits per heavy atom. The highest BCUT2D eigenvalue weighted by molar-refractivity contribution is 7.90. The van der Waals surface area contributed by atoms with E-state index in [1.807, 2.05) is 36.1 Å². The number of nitrogens with one attached hydrogen (secondary N) is 1. The number of hydrogen-bond acceptors (Lipinski definition) is 4. The van der Waals surface area contributed by atoms with E-state index in [2.05, 4.69) is 24.3 Å². The maximum Gasteiger partial charge on any atom is 0.175 e. The van der Waals surface area contributed by atoms with Crippen molar-refractivity contribution in [1.82, 2.24) is 9.78 Å². The molecule has 120 valence electrons. The summed E-state index contributed by atoms with van der Waals surface area (Å²) in [5.74, 6) is 0.550. The highest BCUT2D eigenvalue weighted by Gasteiger charge is 2.10. The fraction of sp³-hybridized carbons (Fsp3) is 0.438. The average Bonchev–Trinajstić information content (AvgIpc) is 2.84. The molecule has 0 amide bonds. The molecule has 6 heteroatoms. The van der Waals surface area contributed by atoms with Gasteiger partial charge in [-0.2, -0.15) is 5.10 Å². The first-order valence-electron chi connectivity index (χ1n) is 7.34. The van der Waals surface area contributed by atoms with E-state index in [-0.39, 0.29) is 6.04 Å². The predicted molar refractivity (Wildman–Crippen MR) is 88.7 cm³/mol. The van der Waals surface area contributed by atoms with Crippen LogP contribution in [0.1, 0.15) is 32.4 Å². The highest BCUT2D eigenvalue weighted by atomic mass is 32.2. The molecular formula is C16H23N3O2S. The molecule has 1 heterocycles. The Hall–Kier alpha value is -1.82. The molecule has 1 N–H and O–H groups in total. The van der Waals surface area contributed by atoms with Gasteiger partial charge in [-0.05, 0) is 30.5 Å². The first-order valence-corrected chi connectivity index (χ1v) is 9.24. The van der Waals surface area contributed by atoms with Crippen molar-refractivity contribution in [3.63, 3.8) is 0 Å². The highest BCUT2D eigenvalue weighted by Crippen LogP contribution is 2.20. The van der Waals surface area contributed by atoms with Gasteiger partial charge in [0.1, 0.15) is 0 Å². The maximum absolute atomic E-state index is 11.5. The molecule has 0 aliphatic carbocycles. The van der Waals surface area contributed by atoms with E-state index in [9.17, 15) is 8.42 Å². The second-order valence-electron chi connectivity index (χ2n) is 6.05. The number of benzene rings is 1. The minimum absolute atomic E-state index is 0.0744. The molecule has 0 spiro atoms. The molecule has 1 atom stereocenters. The Kier molecular flexibility index (Phi) is 4.90. The normalized spacial score (nSPS) is 13.3. The molecular weight excluding hydrogens is 298 g/mol. The zero-order valence-corrected chi connectivity index (χ0v) is 14.3. The molecule has 0 aliphatic rings. The van der Waals surface area contributed by atoms with Crippen LogP contribution in [0.5, 0.6) is 0 Å². The number of anilines is 1. The van der Waals surface area contributed by atoms with E-state index in [0.29, 0.717) is 10.8 Å². The summed E-state index contributed by atoms with van der Waals surface area (Å²) in [6, 6.07) is 7.04. The lowest BCUT2D eigenvalue weighted by molar-refractivity contribution is 0.483. The molecule has 0 fully saturated rings. The van der Waals surface area contributed by atoms with Gasteiger partial charge in [0.2, 0.25) is 0 Å². The smallest absolute Gasteiger partial charge is 0.175 e. The van der Waals surface area contributed by atoms with Gasteiger partial charge in [0.15, 0.2) is 9.84 Å². The van der Waals surface area contributed by atoms with Crippen LogP contribution < -0.4 is 5.32 Å². The van der Waals surface area contributed by atoms with Gasteiger partial charge < -0.3 is 5.32 Å². The third-order valence-electron chi connectivity index (χ3n) is 3.38. The summed E-state index contributed by atoms with van der Waals surface area (Å²) in [6.07, 6.45) is 5.01. The summed E-state index contributed by atoms with van der Waals surface area (Å²) in [6.45, 7) is 7.23. The van der Waals surface area contributed by atoms with Crippen LogP contribution in [0.4, 0.5) is 5.69 Å². The molecule has 2 aromatic rings. The third kappa shape index (κ3) is 4.34. The van der Waals surface area contributed by atoms with Gasteiger partial charge >= 0.3 is 0 Å². The van der Waals surface area contributed by atoms with Crippen LogP contribution in [0, 0.1) is 5.92 Å². The summed E-state index contributed by atoms with van der Waals surface area (Å²) in [5.41, 5.74) is 1.99. The van der Waals surface area contributed by atoms with Crippen LogP contribution in [0.2, 0.25) is 0 Å². The van der Waals surface area contributed by atoms with E-state index < -0.39 is 9.84 Å². The Bertz CT molecular complexity index is 718. The minimum Gasteiger partial charge on any atom is -0.376 e. The van der Waals surface area contributed by atoms with Gasteiger partial charge in [-0.3, -0.25) is 4.68 Å². The maximum atomic E-state index is 11.5. The van der Waals surface area contributed by atoms with Crippen LogP contribution in [0.25, 0.3) is 0 Å². The van der Waals surface area contributed by atoms with Crippen molar-refractivity contribution < 1.29 is 8.42 Å². The van der Waals surface area contributed by atoms with Crippen molar-refractivity contribution in [3.8, 4) is 0 Å². The van der Waals surface area contributed by atoms with Gasteiger partial charge in [0, 0.05) is 25.0 Å². The molecule has 2 rings (SSSR count). The first-order chi connectivity index (χ1) is 10.3. The van der Waals surface area contributed by atoms with E-state index in [1.165, 1.54) is 6.26 Å². The standard InChI is InChI=1S/C16H23N3O2S/c1-12(2)10-19-11-15(9-17-19)18-13(3)14-5-7-16(8-6-14)22(4,20)21/h5-9,11-13,18H,10H2,1-4H3/t13-/m1/s1. The van der Waals surface area contributed by atoms with Crippen molar-refractivity contribution in [2.45, 2.75) is 38.3 Å². The monoisotopic (exact) mass is 321 g/mol. The summed E-state index contributed by atoms with van der Waals surface area (Å²) in [7, 11) is -3.15. The van der Waals surface area contributed by atoms with Crippen LogP contribution in [0.3, 0.4) is 0 Å². The number of hydrogen-bond donors (Lipinski definition) is 1. The lowest BCUT2D eigenvalue weighted by Crippen LogP contribution is -2.07. The van der Waals surface area contributed by atoms with Gasteiger partial charge in [-0.1, -0.05) is 26.0 Å². The van der Waals surface area contributed by atoms with Crippen molar-refractivity contribution in [3.05, 3.63) is 42.2 Å². The van der Waals surface area contributed by atoms with Crippen LogP contribution in [-0.2, 0) is 16.4 Å². The van der Waals surface area contributed by atoms with Crippen molar-refractivity contribution >= 4 is 15.5 Å². The first kappa shape index (κ1) is 16.5. The van der Waals surface area contributed by atoms with E-state index in [4.69, 9.17) is 0 Å². The van der Waals surface area contributed by atoms with Crippen LogP contribution in [-0.4, -0.2) is 24.5 Å². The summed E-state index contributed by atoms with van der Waals surface area (Å²) in [4.78, 5) is 0.341. The Balaban J connectivity index is 2.05. The minimum atomic E-state index is -3.15. The quantitative estimate of drug-likeness (QED) is 0.888. The summed E-state index contributed by atoms with van der Waals surface area (Å²) in [5, 5.41) is 7.70. The summed E-state index contributed by atoms with van der Waals surface area (Å²) < 4.78 is 24.9. The van der Waals surface area contributed by atoms with Crippen molar-refractivity contribution in [2.24, 2.45) is 5.92 Å². The van der Waals surface area contributed by atoms with Crippen molar-refractivity contribution in [2.75, 3.05) is 11.6 Å². The Labute approximate surface area is 132 Å². The number of aromatic nitrogens is 2. The molecule has 0 aliphatic heterocycles. The molecule has 0 saturated heterocycles. The average molecular weight is 321 g/mol.